The molecule has 1 N–H and O–H groups in total. The normalized spacial score (nSPS) is 10.9. The summed E-state index contributed by atoms with van der Waals surface area (Å²) in [5.74, 6) is 0.744. The first-order chi connectivity index (χ1) is 12.6. The number of rotatable bonds is 6. The van der Waals surface area contributed by atoms with E-state index in [4.69, 9.17) is 16.3 Å². The monoisotopic (exact) mass is 492 g/mol. The maximum absolute atomic E-state index is 5.93. The van der Waals surface area contributed by atoms with Gasteiger partial charge < -0.3 is 4.74 Å². The average molecular weight is 495 g/mol. The first kappa shape index (κ1) is 19.0. The molecular formula is C20H15Br2ClN2O. The molecule has 0 atom stereocenters. The standard InChI is InChI=1S/C20H15Br2ClN2O/c21-18-10-15(12-24-25-17-4-2-1-3-5-17)11-19(22)20(18)26-13-14-6-8-16(23)9-7-14/h1-12,25H,13H2/b24-12-. The molecule has 3 aromatic rings. The van der Waals surface area contributed by atoms with Crippen LogP contribution in [0, 0.1) is 0 Å². The van der Waals surface area contributed by atoms with Gasteiger partial charge in [0.2, 0.25) is 0 Å². The Bertz CT molecular complexity index is 876. The molecule has 0 unspecified atom stereocenters. The Morgan fingerprint density at radius 2 is 1.62 bits per heavy atom. The van der Waals surface area contributed by atoms with E-state index in [9.17, 15) is 0 Å². The quantitative estimate of drug-likeness (QED) is 0.299. The van der Waals surface area contributed by atoms with Gasteiger partial charge >= 0.3 is 0 Å². The number of hydrogen-bond donors (Lipinski definition) is 1. The molecule has 0 amide bonds. The van der Waals surface area contributed by atoms with Crippen LogP contribution in [-0.2, 0) is 6.61 Å². The lowest BCUT2D eigenvalue weighted by atomic mass is 10.2. The van der Waals surface area contributed by atoms with Crippen molar-refractivity contribution in [1.29, 1.82) is 0 Å². The van der Waals surface area contributed by atoms with Crippen LogP contribution in [0.4, 0.5) is 5.69 Å². The highest BCUT2D eigenvalue weighted by atomic mass is 79.9. The highest BCUT2D eigenvalue weighted by Crippen LogP contribution is 2.35. The predicted octanol–water partition coefficient (Wildman–Crippen LogP) is 6.89. The predicted molar refractivity (Wildman–Crippen MR) is 115 cm³/mol. The second kappa shape index (κ2) is 9.21. The minimum Gasteiger partial charge on any atom is -0.487 e. The van der Waals surface area contributed by atoms with E-state index < -0.39 is 0 Å². The number of halogens is 3. The summed E-state index contributed by atoms with van der Waals surface area (Å²) in [4.78, 5) is 0. The van der Waals surface area contributed by atoms with Gasteiger partial charge in [-0.15, -0.1) is 0 Å². The lowest BCUT2D eigenvalue weighted by molar-refractivity contribution is 0.302. The maximum Gasteiger partial charge on any atom is 0.148 e. The van der Waals surface area contributed by atoms with Gasteiger partial charge in [-0.2, -0.15) is 5.10 Å². The largest absolute Gasteiger partial charge is 0.487 e. The van der Waals surface area contributed by atoms with Crippen LogP contribution in [-0.4, -0.2) is 6.21 Å². The Labute approximate surface area is 174 Å². The third-order valence-electron chi connectivity index (χ3n) is 3.50. The highest BCUT2D eigenvalue weighted by Gasteiger charge is 2.09. The number of benzene rings is 3. The van der Waals surface area contributed by atoms with E-state index in [1.807, 2.05) is 66.7 Å². The number of nitrogens with one attached hydrogen (secondary N) is 1. The fraction of sp³-hybridized carbons (Fsp3) is 0.0500. The topological polar surface area (TPSA) is 33.6 Å². The third-order valence-corrected chi connectivity index (χ3v) is 4.93. The number of nitrogens with zero attached hydrogens (tertiary/aromatic N) is 1. The lowest BCUT2D eigenvalue weighted by Crippen LogP contribution is -1.98. The summed E-state index contributed by atoms with van der Waals surface area (Å²) in [6, 6.07) is 21.3. The van der Waals surface area contributed by atoms with E-state index in [0.29, 0.717) is 11.6 Å². The Hall–Kier alpha value is -1.82. The van der Waals surface area contributed by atoms with Crippen LogP contribution in [0.1, 0.15) is 11.1 Å². The molecule has 0 saturated heterocycles. The van der Waals surface area contributed by atoms with Crippen molar-refractivity contribution >= 4 is 55.4 Å². The van der Waals surface area contributed by atoms with E-state index in [1.54, 1.807) is 6.21 Å². The van der Waals surface area contributed by atoms with Crippen molar-refractivity contribution in [2.75, 3.05) is 5.43 Å². The summed E-state index contributed by atoms with van der Waals surface area (Å²) in [6.07, 6.45) is 1.76. The second-order valence-corrected chi connectivity index (χ2v) is 7.61. The molecule has 0 aliphatic rings. The smallest absolute Gasteiger partial charge is 0.148 e. The van der Waals surface area contributed by atoms with Crippen LogP contribution < -0.4 is 10.2 Å². The van der Waals surface area contributed by atoms with Crippen LogP contribution >= 0.6 is 43.5 Å². The second-order valence-electron chi connectivity index (χ2n) is 5.46. The van der Waals surface area contributed by atoms with Crippen molar-refractivity contribution in [3.63, 3.8) is 0 Å². The molecule has 3 rings (SSSR count). The molecule has 26 heavy (non-hydrogen) atoms. The van der Waals surface area contributed by atoms with Crippen LogP contribution in [0.25, 0.3) is 0 Å². The summed E-state index contributed by atoms with van der Waals surface area (Å²) >= 11 is 13.0. The van der Waals surface area contributed by atoms with Gasteiger partial charge in [0.1, 0.15) is 12.4 Å². The molecule has 0 heterocycles. The third kappa shape index (κ3) is 5.34. The number of ether oxygens (including phenoxy) is 1. The SMILES string of the molecule is Clc1ccc(COc2c(Br)cc(/C=N\Nc3ccccc3)cc2Br)cc1. The number of anilines is 1. The molecule has 0 radical (unpaired) electrons. The molecule has 3 aromatic carbocycles. The minimum atomic E-state index is 0.456. The van der Waals surface area contributed by atoms with Gasteiger partial charge in [0.15, 0.2) is 0 Å². The van der Waals surface area contributed by atoms with Crippen molar-refractivity contribution in [1.82, 2.24) is 0 Å². The van der Waals surface area contributed by atoms with Crippen LogP contribution in [0.5, 0.6) is 5.75 Å². The summed E-state index contributed by atoms with van der Waals surface area (Å²) in [6.45, 7) is 0.456. The molecule has 0 saturated carbocycles. The van der Waals surface area contributed by atoms with E-state index >= 15 is 0 Å². The first-order valence-corrected chi connectivity index (χ1v) is 9.78. The number of hydrazone groups is 1. The summed E-state index contributed by atoms with van der Waals surface area (Å²) in [5, 5.41) is 4.97. The highest BCUT2D eigenvalue weighted by molar-refractivity contribution is 9.11. The van der Waals surface area contributed by atoms with Crippen molar-refractivity contribution in [2.24, 2.45) is 5.10 Å². The fourth-order valence-electron chi connectivity index (χ4n) is 2.22. The Kier molecular flexibility index (Phi) is 6.72. The van der Waals surface area contributed by atoms with Crippen molar-refractivity contribution in [3.05, 3.63) is 91.8 Å². The molecule has 0 bridgehead atoms. The van der Waals surface area contributed by atoms with Gasteiger partial charge in [-0.25, -0.2) is 0 Å². The van der Waals surface area contributed by atoms with Gasteiger partial charge in [0, 0.05) is 5.02 Å². The molecule has 6 heteroatoms. The fourth-order valence-corrected chi connectivity index (χ4v) is 3.80. The molecule has 0 spiro atoms. The van der Waals surface area contributed by atoms with Gasteiger partial charge in [-0.05, 0) is 79.4 Å². The number of para-hydroxylation sites is 1. The first-order valence-electron chi connectivity index (χ1n) is 7.82. The lowest BCUT2D eigenvalue weighted by Gasteiger charge is -2.11. The minimum absolute atomic E-state index is 0.456. The van der Waals surface area contributed by atoms with E-state index in [1.165, 1.54) is 0 Å². The number of hydrogen-bond acceptors (Lipinski definition) is 3. The van der Waals surface area contributed by atoms with Crippen LogP contribution in [0.15, 0.2) is 80.8 Å². The van der Waals surface area contributed by atoms with E-state index in [-0.39, 0.29) is 0 Å². The van der Waals surface area contributed by atoms with Gasteiger partial charge in [-0.3, -0.25) is 5.43 Å². The Morgan fingerprint density at radius 1 is 0.962 bits per heavy atom. The van der Waals surface area contributed by atoms with Gasteiger partial charge in [0.05, 0.1) is 20.8 Å². The summed E-state index contributed by atoms with van der Waals surface area (Å²) in [7, 11) is 0. The summed E-state index contributed by atoms with van der Waals surface area (Å²) < 4.78 is 7.62. The van der Waals surface area contributed by atoms with E-state index in [0.717, 1.165) is 31.5 Å². The molecule has 0 aromatic heterocycles. The molecule has 3 nitrogen and oxygen atoms in total. The maximum atomic E-state index is 5.93. The zero-order chi connectivity index (χ0) is 18.4. The summed E-state index contributed by atoms with van der Waals surface area (Å²) in [5.41, 5.74) is 5.91. The molecule has 0 aliphatic heterocycles. The zero-order valence-corrected chi connectivity index (χ0v) is 17.6. The van der Waals surface area contributed by atoms with E-state index in [2.05, 4.69) is 42.4 Å². The molecule has 0 fully saturated rings. The molecule has 132 valence electrons. The van der Waals surface area contributed by atoms with Crippen LogP contribution in [0.2, 0.25) is 5.02 Å². The van der Waals surface area contributed by atoms with Crippen molar-refractivity contribution in [3.8, 4) is 5.75 Å². The van der Waals surface area contributed by atoms with Crippen molar-refractivity contribution in [2.45, 2.75) is 6.61 Å². The molecular weight excluding hydrogens is 479 g/mol. The van der Waals surface area contributed by atoms with Crippen molar-refractivity contribution < 1.29 is 4.74 Å². The zero-order valence-electron chi connectivity index (χ0n) is 13.6. The Balaban J connectivity index is 1.66. The molecule has 0 aliphatic carbocycles. The Morgan fingerprint density at radius 3 is 2.27 bits per heavy atom. The van der Waals surface area contributed by atoms with Gasteiger partial charge in [-0.1, -0.05) is 41.9 Å². The average Bonchev–Trinajstić information content (AvgIpc) is 2.63. The van der Waals surface area contributed by atoms with Gasteiger partial charge in [0.25, 0.3) is 0 Å². The van der Waals surface area contributed by atoms with Crippen LogP contribution in [0.3, 0.4) is 0 Å².